The summed E-state index contributed by atoms with van der Waals surface area (Å²) in [6.07, 6.45) is 5.48. The summed E-state index contributed by atoms with van der Waals surface area (Å²) in [5.41, 5.74) is 2.75. The molecule has 0 amide bonds. The first kappa shape index (κ1) is 19.4. The van der Waals surface area contributed by atoms with Gasteiger partial charge in [0.2, 0.25) is 0 Å². The monoisotopic (exact) mass is 436 g/mol. The van der Waals surface area contributed by atoms with E-state index in [1.54, 1.807) is 25.2 Å². The molecule has 3 aromatic rings. The fraction of sp³-hybridized carbons (Fsp3) is 0.250. The highest BCUT2D eigenvalue weighted by Gasteiger charge is 2.39. The Kier molecular flexibility index (Phi) is 4.71. The third kappa shape index (κ3) is 3.15. The van der Waals surface area contributed by atoms with Crippen molar-refractivity contribution in [2.45, 2.75) is 30.2 Å². The molecule has 0 bridgehead atoms. The van der Waals surface area contributed by atoms with Crippen LogP contribution in [0.1, 0.15) is 33.7 Å². The van der Waals surface area contributed by atoms with E-state index in [2.05, 4.69) is 36.5 Å². The summed E-state index contributed by atoms with van der Waals surface area (Å²) >= 11 is 1.83. The first-order valence-corrected chi connectivity index (χ1v) is 12.4. The van der Waals surface area contributed by atoms with Gasteiger partial charge in [-0.15, -0.1) is 11.3 Å². The van der Waals surface area contributed by atoms with Gasteiger partial charge >= 0.3 is 0 Å². The van der Waals surface area contributed by atoms with Crippen molar-refractivity contribution in [3.05, 3.63) is 88.1 Å². The van der Waals surface area contributed by atoms with Gasteiger partial charge in [-0.05, 0) is 67.3 Å². The Labute approximate surface area is 181 Å². The Hall–Kier alpha value is -2.57. The van der Waals surface area contributed by atoms with Crippen molar-refractivity contribution in [2.24, 2.45) is 5.92 Å². The van der Waals surface area contributed by atoms with Crippen molar-refractivity contribution in [1.82, 2.24) is 0 Å². The third-order valence-corrected chi connectivity index (χ3v) is 9.05. The van der Waals surface area contributed by atoms with Crippen LogP contribution in [0.15, 0.2) is 77.7 Å². The number of nitrogens with zero attached hydrogens (tertiary/aromatic N) is 1. The van der Waals surface area contributed by atoms with Crippen LogP contribution in [0, 0.1) is 12.8 Å². The van der Waals surface area contributed by atoms with E-state index in [9.17, 15) is 8.42 Å². The summed E-state index contributed by atoms with van der Waals surface area (Å²) in [6.45, 7) is 2.13. The van der Waals surface area contributed by atoms with Crippen molar-refractivity contribution in [2.75, 3.05) is 16.7 Å². The number of hydrogen-bond acceptors (Lipinski definition) is 4. The Morgan fingerprint density at radius 2 is 1.87 bits per heavy atom. The van der Waals surface area contributed by atoms with Crippen LogP contribution in [0.25, 0.3) is 0 Å². The number of anilines is 2. The number of allylic oxidation sites excluding steroid dienone is 2. The molecule has 2 aliphatic rings. The minimum atomic E-state index is -3.63. The van der Waals surface area contributed by atoms with Gasteiger partial charge in [0.25, 0.3) is 10.0 Å². The lowest BCUT2D eigenvalue weighted by molar-refractivity contribution is 0.429. The van der Waals surface area contributed by atoms with Crippen molar-refractivity contribution >= 4 is 32.7 Å². The van der Waals surface area contributed by atoms with Gasteiger partial charge in [0, 0.05) is 28.4 Å². The van der Waals surface area contributed by atoms with Gasteiger partial charge in [0.05, 0.1) is 16.6 Å². The van der Waals surface area contributed by atoms with Crippen molar-refractivity contribution in [3.63, 3.8) is 0 Å². The second-order valence-corrected chi connectivity index (χ2v) is 11.3. The fourth-order valence-electron chi connectivity index (χ4n) is 4.57. The smallest absolute Gasteiger partial charge is 0.264 e. The van der Waals surface area contributed by atoms with E-state index < -0.39 is 10.0 Å². The quantitative estimate of drug-likeness (QED) is 0.533. The number of rotatable bonds is 4. The number of thiophene rings is 1. The van der Waals surface area contributed by atoms with Gasteiger partial charge in [-0.1, -0.05) is 30.4 Å². The van der Waals surface area contributed by atoms with E-state index in [1.807, 2.05) is 41.7 Å². The van der Waals surface area contributed by atoms with E-state index in [0.717, 1.165) is 17.7 Å². The van der Waals surface area contributed by atoms with Crippen LogP contribution < -0.4 is 9.62 Å². The highest BCUT2D eigenvalue weighted by molar-refractivity contribution is 7.92. The molecule has 0 saturated heterocycles. The van der Waals surface area contributed by atoms with E-state index >= 15 is 0 Å². The lowest BCUT2D eigenvalue weighted by Crippen LogP contribution is -2.30. The molecule has 1 aliphatic carbocycles. The molecule has 0 spiro atoms. The van der Waals surface area contributed by atoms with E-state index in [4.69, 9.17) is 0 Å². The molecular formula is C24H24N2O2S2. The van der Waals surface area contributed by atoms with Crippen molar-refractivity contribution < 1.29 is 8.42 Å². The number of sulfonamides is 1. The Morgan fingerprint density at radius 3 is 2.60 bits per heavy atom. The maximum atomic E-state index is 13.3. The zero-order valence-electron chi connectivity index (χ0n) is 16.9. The molecule has 6 heteroatoms. The van der Waals surface area contributed by atoms with Crippen LogP contribution in [0.4, 0.5) is 11.4 Å². The van der Waals surface area contributed by atoms with Crippen LogP contribution in [0.3, 0.4) is 0 Å². The maximum Gasteiger partial charge on any atom is 0.264 e. The highest BCUT2D eigenvalue weighted by Crippen LogP contribution is 2.51. The average molecular weight is 437 g/mol. The Balaban J connectivity index is 1.53. The number of hydrogen-bond donors (Lipinski definition) is 1. The molecule has 1 aromatic heterocycles. The first-order chi connectivity index (χ1) is 14.4. The normalized spacial score (nSPS) is 22.3. The maximum absolute atomic E-state index is 13.3. The van der Waals surface area contributed by atoms with Crippen molar-refractivity contribution in [3.8, 4) is 0 Å². The largest absolute Gasteiger partial charge is 0.377 e. The van der Waals surface area contributed by atoms with Gasteiger partial charge in [0.15, 0.2) is 0 Å². The molecule has 2 heterocycles. The van der Waals surface area contributed by atoms with Crippen LogP contribution in [0.2, 0.25) is 0 Å². The van der Waals surface area contributed by atoms with Crippen molar-refractivity contribution in [1.29, 1.82) is 0 Å². The number of benzene rings is 2. The summed E-state index contributed by atoms with van der Waals surface area (Å²) in [5, 5.41) is 3.70. The van der Waals surface area contributed by atoms with E-state index in [0.29, 0.717) is 16.5 Å². The molecule has 2 aromatic carbocycles. The van der Waals surface area contributed by atoms with Crippen LogP contribution in [-0.4, -0.2) is 15.5 Å². The van der Waals surface area contributed by atoms with Gasteiger partial charge in [-0.3, -0.25) is 4.31 Å². The van der Waals surface area contributed by atoms with E-state index in [1.165, 1.54) is 14.1 Å². The van der Waals surface area contributed by atoms with Gasteiger partial charge in [-0.2, -0.15) is 0 Å². The second kappa shape index (κ2) is 7.29. The van der Waals surface area contributed by atoms with Crippen LogP contribution in [0.5, 0.6) is 0 Å². The molecule has 3 atom stereocenters. The molecule has 4 nitrogen and oxygen atoms in total. The van der Waals surface area contributed by atoms with E-state index in [-0.39, 0.29) is 12.0 Å². The summed E-state index contributed by atoms with van der Waals surface area (Å²) < 4.78 is 27.9. The highest BCUT2D eigenvalue weighted by atomic mass is 32.2. The lowest BCUT2D eigenvalue weighted by atomic mass is 9.79. The fourth-order valence-corrected chi connectivity index (χ4v) is 6.81. The minimum absolute atomic E-state index is 0.228. The number of nitrogens with one attached hydrogen (secondary N) is 1. The molecule has 0 fully saturated rings. The predicted octanol–water partition coefficient (Wildman–Crippen LogP) is 5.71. The number of fused-ring (bicyclic) bond motifs is 3. The SMILES string of the molecule is Cc1ccc(C2Nc3ccc(S(=O)(=O)N(C)c4ccccc4)cc3C3C=CCC32)s1. The predicted molar refractivity (Wildman–Crippen MR) is 124 cm³/mol. The van der Waals surface area contributed by atoms with Gasteiger partial charge < -0.3 is 5.32 Å². The molecule has 3 unspecified atom stereocenters. The lowest BCUT2D eigenvalue weighted by Gasteiger charge is -2.37. The molecule has 154 valence electrons. The molecule has 30 heavy (non-hydrogen) atoms. The second-order valence-electron chi connectivity index (χ2n) is 7.98. The standard InChI is InChI=1S/C24H24N2O2S2/c1-16-11-14-23(29-16)24-20-10-6-9-19(20)21-15-18(12-13-22(21)25-24)30(27,28)26(2)17-7-4-3-5-8-17/h3-9,11-15,19-20,24-25H,10H2,1-2H3. The summed E-state index contributed by atoms with van der Waals surface area (Å²) in [7, 11) is -2.03. The molecule has 0 saturated carbocycles. The minimum Gasteiger partial charge on any atom is -0.377 e. The van der Waals surface area contributed by atoms with Gasteiger partial charge in [-0.25, -0.2) is 8.42 Å². The van der Waals surface area contributed by atoms with Gasteiger partial charge in [0.1, 0.15) is 0 Å². The van der Waals surface area contributed by atoms with Crippen LogP contribution >= 0.6 is 11.3 Å². The zero-order valence-corrected chi connectivity index (χ0v) is 18.6. The topological polar surface area (TPSA) is 49.4 Å². The molecule has 1 N–H and O–H groups in total. The Bertz CT molecular complexity index is 1220. The number of para-hydroxylation sites is 1. The number of aryl methyl sites for hydroxylation is 1. The molecular weight excluding hydrogens is 412 g/mol. The molecule has 5 rings (SSSR count). The average Bonchev–Trinajstić information content (AvgIpc) is 3.42. The third-order valence-electron chi connectivity index (χ3n) is 6.18. The summed E-state index contributed by atoms with van der Waals surface area (Å²) in [5.74, 6) is 0.631. The zero-order chi connectivity index (χ0) is 20.9. The van der Waals surface area contributed by atoms with Crippen LogP contribution in [-0.2, 0) is 10.0 Å². The summed E-state index contributed by atoms with van der Waals surface area (Å²) in [6, 6.07) is 19.3. The molecule has 0 radical (unpaired) electrons. The molecule has 1 aliphatic heterocycles. The first-order valence-electron chi connectivity index (χ1n) is 10.1. The Morgan fingerprint density at radius 1 is 1.07 bits per heavy atom. The summed E-state index contributed by atoms with van der Waals surface area (Å²) in [4.78, 5) is 2.99.